The molecule has 1 aliphatic heterocycles. The van der Waals surface area contributed by atoms with E-state index >= 15 is 0 Å². The molecular formula is C17H19N3O4S2. The van der Waals surface area contributed by atoms with Crippen molar-refractivity contribution >= 4 is 38.9 Å². The van der Waals surface area contributed by atoms with Gasteiger partial charge in [0.1, 0.15) is 4.21 Å². The number of sulfonamides is 1. The molecular weight excluding hydrogens is 374 g/mol. The van der Waals surface area contributed by atoms with E-state index in [-0.39, 0.29) is 22.2 Å². The summed E-state index contributed by atoms with van der Waals surface area (Å²) in [6.45, 7) is 0.507. The predicted octanol–water partition coefficient (Wildman–Crippen LogP) is 1.89. The lowest BCUT2D eigenvalue weighted by Gasteiger charge is -2.30. The van der Waals surface area contributed by atoms with Gasteiger partial charge < -0.3 is 11.1 Å². The van der Waals surface area contributed by atoms with Gasteiger partial charge in [-0.1, -0.05) is 18.2 Å². The summed E-state index contributed by atoms with van der Waals surface area (Å²) in [5.74, 6) is -1.43. The van der Waals surface area contributed by atoms with Crippen LogP contribution < -0.4 is 11.1 Å². The molecule has 1 atom stereocenters. The molecule has 138 valence electrons. The zero-order valence-electron chi connectivity index (χ0n) is 13.9. The van der Waals surface area contributed by atoms with Gasteiger partial charge in [-0.2, -0.15) is 4.31 Å². The first-order valence-electron chi connectivity index (χ1n) is 8.13. The molecule has 0 spiro atoms. The summed E-state index contributed by atoms with van der Waals surface area (Å²) in [5, 5.41) is 4.42. The van der Waals surface area contributed by atoms with Gasteiger partial charge in [-0.15, -0.1) is 11.3 Å². The summed E-state index contributed by atoms with van der Waals surface area (Å²) in [6, 6.07) is 9.73. The maximum Gasteiger partial charge on any atom is 0.252 e. The van der Waals surface area contributed by atoms with Gasteiger partial charge >= 0.3 is 0 Å². The van der Waals surface area contributed by atoms with E-state index in [1.807, 2.05) is 0 Å². The smallest absolute Gasteiger partial charge is 0.252 e. The molecule has 0 aliphatic carbocycles. The topological polar surface area (TPSA) is 110 Å². The summed E-state index contributed by atoms with van der Waals surface area (Å²) in [4.78, 5) is 24.1. The van der Waals surface area contributed by atoms with Crippen LogP contribution in [0.5, 0.6) is 0 Å². The number of piperidine rings is 1. The molecule has 2 amide bonds. The summed E-state index contributed by atoms with van der Waals surface area (Å²) in [7, 11) is -3.58. The average Bonchev–Trinajstić information content (AvgIpc) is 3.17. The van der Waals surface area contributed by atoms with Crippen molar-refractivity contribution in [2.75, 3.05) is 18.4 Å². The number of benzene rings is 1. The van der Waals surface area contributed by atoms with Crippen LogP contribution in [0, 0.1) is 5.92 Å². The summed E-state index contributed by atoms with van der Waals surface area (Å²) in [5.41, 5.74) is 5.88. The first-order chi connectivity index (χ1) is 12.4. The van der Waals surface area contributed by atoms with Crippen molar-refractivity contribution in [1.29, 1.82) is 0 Å². The highest BCUT2D eigenvalue weighted by molar-refractivity contribution is 7.91. The van der Waals surface area contributed by atoms with E-state index in [9.17, 15) is 18.0 Å². The highest BCUT2D eigenvalue weighted by Gasteiger charge is 2.34. The molecule has 26 heavy (non-hydrogen) atoms. The lowest BCUT2D eigenvalue weighted by Crippen LogP contribution is -2.43. The van der Waals surface area contributed by atoms with Crippen LogP contribution in [0.15, 0.2) is 46.0 Å². The number of hydrogen-bond donors (Lipinski definition) is 2. The van der Waals surface area contributed by atoms with Crippen LogP contribution in [-0.4, -0.2) is 37.6 Å². The maximum atomic E-state index is 12.7. The molecule has 7 nitrogen and oxygen atoms in total. The van der Waals surface area contributed by atoms with Crippen LogP contribution in [-0.2, 0) is 14.8 Å². The average molecular weight is 393 g/mol. The minimum absolute atomic E-state index is 0.116. The van der Waals surface area contributed by atoms with Gasteiger partial charge in [-0.25, -0.2) is 8.42 Å². The van der Waals surface area contributed by atoms with Crippen LogP contribution in [0.3, 0.4) is 0 Å². The Morgan fingerprint density at radius 3 is 2.65 bits per heavy atom. The third-order valence-electron chi connectivity index (χ3n) is 4.29. The molecule has 1 aromatic heterocycles. The van der Waals surface area contributed by atoms with Crippen LogP contribution in [0.1, 0.15) is 23.2 Å². The Kier molecular flexibility index (Phi) is 5.40. The zero-order valence-corrected chi connectivity index (χ0v) is 15.6. The molecule has 2 aromatic rings. The van der Waals surface area contributed by atoms with E-state index in [4.69, 9.17) is 5.73 Å². The van der Waals surface area contributed by atoms with Gasteiger partial charge in [-0.3, -0.25) is 9.59 Å². The number of anilines is 1. The van der Waals surface area contributed by atoms with Crippen LogP contribution >= 0.6 is 11.3 Å². The Hall–Kier alpha value is -2.23. The first kappa shape index (κ1) is 18.6. The molecule has 9 heteroatoms. The zero-order chi connectivity index (χ0) is 18.7. The minimum Gasteiger partial charge on any atom is -0.366 e. The fourth-order valence-corrected chi connectivity index (χ4v) is 5.62. The van der Waals surface area contributed by atoms with E-state index < -0.39 is 21.8 Å². The van der Waals surface area contributed by atoms with Crippen molar-refractivity contribution in [3.05, 3.63) is 47.3 Å². The lowest BCUT2D eigenvalue weighted by molar-refractivity contribution is -0.120. The largest absolute Gasteiger partial charge is 0.366 e. The number of amides is 2. The molecule has 1 aromatic carbocycles. The van der Waals surface area contributed by atoms with E-state index in [2.05, 4.69) is 5.32 Å². The first-order valence-corrected chi connectivity index (χ1v) is 10.4. The van der Waals surface area contributed by atoms with E-state index in [1.54, 1.807) is 35.7 Å². The Morgan fingerprint density at radius 1 is 1.19 bits per heavy atom. The Bertz CT molecular complexity index is 910. The summed E-state index contributed by atoms with van der Waals surface area (Å²) >= 11 is 1.16. The van der Waals surface area contributed by atoms with Crippen molar-refractivity contribution in [3.8, 4) is 0 Å². The van der Waals surface area contributed by atoms with Crippen LogP contribution in [0.4, 0.5) is 5.69 Å². The van der Waals surface area contributed by atoms with Crippen molar-refractivity contribution in [3.63, 3.8) is 0 Å². The van der Waals surface area contributed by atoms with Gasteiger partial charge in [0.25, 0.3) is 15.9 Å². The minimum atomic E-state index is -3.58. The molecule has 3 N–H and O–H groups in total. The third-order valence-corrected chi connectivity index (χ3v) is 7.53. The van der Waals surface area contributed by atoms with Crippen molar-refractivity contribution < 1.29 is 18.0 Å². The van der Waals surface area contributed by atoms with Gasteiger partial charge in [0, 0.05) is 13.1 Å². The molecule has 3 rings (SSSR count). The van der Waals surface area contributed by atoms with Crippen molar-refractivity contribution in [2.45, 2.75) is 17.1 Å². The second-order valence-electron chi connectivity index (χ2n) is 6.03. The predicted molar refractivity (Wildman–Crippen MR) is 99.4 cm³/mol. The number of nitrogens with two attached hydrogens (primary N) is 1. The molecule has 1 saturated heterocycles. The fourth-order valence-electron chi connectivity index (χ4n) is 2.95. The maximum absolute atomic E-state index is 12.7. The Morgan fingerprint density at radius 2 is 1.96 bits per heavy atom. The van der Waals surface area contributed by atoms with E-state index in [0.717, 1.165) is 11.3 Å². The monoisotopic (exact) mass is 393 g/mol. The fraction of sp³-hybridized carbons (Fsp3) is 0.294. The van der Waals surface area contributed by atoms with Crippen molar-refractivity contribution in [1.82, 2.24) is 4.31 Å². The molecule has 0 bridgehead atoms. The normalized spacial score (nSPS) is 18.4. The molecule has 0 unspecified atom stereocenters. The highest BCUT2D eigenvalue weighted by Crippen LogP contribution is 2.27. The SMILES string of the molecule is NC(=O)c1ccccc1NC(=O)[C@@H]1CCCN(S(=O)(=O)c2cccs2)C1. The van der Waals surface area contributed by atoms with E-state index in [1.165, 1.54) is 10.4 Å². The lowest BCUT2D eigenvalue weighted by atomic mass is 9.98. The second-order valence-corrected chi connectivity index (χ2v) is 9.15. The number of para-hydroxylation sites is 1. The standard InChI is InChI=1S/C17H19N3O4S2/c18-16(21)13-6-1-2-7-14(13)19-17(22)12-5-3-9-20(11-12)26(23,24)15-8-4-10-25-15/h1-2,4,6-8,10,12H,3,5,9,11H2,(H2,18,21)(H,19,22)/t12-/m1/s1. The molecule has 1 aliphatic rings. The highest BCUT2D eigenvalue weighted by atomic mass is 32.2. The number of nitrogens with one attached hydrogen (secondary N) is 1. The molecule has 2 heterocycles. The number of carbonyl (C=O) groups excluding carboxylic acids is 2. The van der Waals surface area contributed by atoms with Crippen LogP contribution in [0.25, 0.3) is 0 Å². The molecule has 0 radical (unpaired) electrons. The van der Waals surface area contributed by atoms with Crippen LogP contribution in [0.2, 0.25) is 0 Å². The Labute approximate surface area is 155 Å². The summed E-state index contributed by atoms with van der Waals surface area (Å²) in [6.07, 6.45) is 1.18. The summed E-state index contributed by atoms with van der Waals surface area (Å²) < 4.78 is 27.0. The third kappa shape index (κ3) is 3.79. The van der Waals surface area contributed by atoms with Crippen molar-refractivity contribution in [2.24, 2.45) is 11.7 Å². The molecule has 0 saturated carbocycles. The number of hydrogen-bond acceptors (Lipinski definition) is 5. The number of thiophene rings is 1. The van der Waals surface area contributed by atoms with Gasteiger partial charge in [0.15, 0.2) is 0 Å². The number of rotatable bonds is 5. The van der Waals surface area contributed by atoms with Gasteiger partial charge in [0.2, 0.25) is 5.91 Å². The molecule has 1 fully saturated rings. The second kappa shape index (κ2) is 7.56. The van der Waals surface area contributed by atoms with Gasteiger partial charge in [0.05, 0.1) is 17.2 Å². The van der Waals surface area contributed by atoms with Gasteiger partial charge in [-0.05, 0) is 36.4 Å². The number of primary amides is 1. The number of carbonyl (C=O) groups is 2. The Balaban J connectivity index is 1.74. The number of nitrogens with zero attached hydrogens (tertiary/aromatic N) is 1. The van der Waals surface area contributed by atoms with E-state index in [0.29, 0.717) is 25.1 Å². The quantitative estimate of drug-likeness (QED) is 0.808.